The van der Waals surface area contributed by atoms with Gasteiger partial charge in [0.05, 0.1) is 23.5 Å². The van der Waals surface area contributed by atoms with E-state index in [9.17, 15) is 26.4 Å². The van der Waals surface area contributed by atoms with Gasteiger partial charge in [-0.05, 0) is 67.5 Å². The summed E-state index contributed by atoms with van der Waals surface area (Å²) in [6, 6.07) is 10.2. The smallest absolute Gasteiger partial charge is 0.350 e. The van der Waals surface area contributed by atoms with E-state index in [1.807, 2.05) is 13.0 Å². The minimum Gasteiger partial charge on any atom is -0.350 e. The molecule has 0 saturated heterocycles. The lowest BCUT2D eigenvalue weighted by Gasteiger charge is -2.23. The number of rotatable bonds is 8. The lowest BCUT2D eigenvalue weighted by Crippen LogP contribution is -2.32. The van der Waals surface area contributed by atoms with Gasteiger partial charge in [0.15, 0.2) is 0 Å². The summed E-state index contributed by atoms with van der Waals surface area (Å²) in [7, 11) is -3.82. The molecular formula is C23H27F3N2O3S. The first-order valence-corrected chi connectivity index (χ1v) is 12.4. The fraction of sp³-hybridized carbons (Fsp3) is 0.435. The average Bonchev–Trinajstić information content (AvgIpc) is 3.17. The van der Waals surface area contributed by atoms with E-state index in [0.717, 1.165) is 47.5 Å². The van der Waals surface area contributed by atoms with Crippen molar-refractivity contribution in [2.24, 2.45) is 0 Å². The van der Waals surface area contributed by atoms with Gasteiger partial charge in [0.25, 0.3) is 0 Å². The highest BCUT2D eigenvalue weighted by molar-refractivity contribution is 7.92. The van der Waals surface area contributed by atoms with E-state index in [-0.39, 0.29) is 37.0 Å². The molecule has 0 bridgehead atoms. The minimum atomic E-state index is -4.58. The number of carbonyl (C=O) groups excluding carboxylic acids is 1. The number of hydrogen-bond donors (Lipinski definition) is 1. The fourth-order valence-electron chi connectivity index (χ4n) is 3.97. The van der Waals surface area contributed by atoms with Crippen LogP contribution in [0.15, 0.2) is 42.5 Å². The topological polar surface area (TPSA) is 66.5 Å². The highest BCUT2D eigenvalue weighted by Crippen LogP contribution is 2.32. The number of sulfonamides is 1. The molecule has 0 heterocycles. The summed E-state index contributed by atoms with van der Waals surface area (Å²) < 4.78 is 64.2. The standard InChI is InChI=1S/C23H27F3N2O3S/c1-16(18-12-11-17-6-3-7-19(17)14-18)27-22(29)10-5-13-28(32(2,30)31)21-9-4-8-20(15-21)23(24,25)26/h4,8-9,11-12,14-16H,3,5-7,10,13H2,1-2H3,(H,27,29). The molecule has 0 aliphatic heterocycles. The Bertz CT molecular complexity index is 1080. The van der Waals surface area contributed by atoms with Gasteiger partial charge in [-0.2, -0.15) is 13.2 Å². The van der Waals surface area contributed by atoms with Crippen molar-refractivity contribution in [3.63, 3.8) is 0 Å². The number of nitrogens with one attached hydrogen (secondary N) is 1. The van der Waals surface area contributed by atoms with Gasteiger partial charge in [0.1, 0.15) is 0 Å². The van der Waals surface area contributed by atoms with Crippen LogP contribution >= 0.6 is 0 Å². The van der Waals surface area contributed by atoms with E-state index < -0.39 is 21.8 Å². The second-order valence-electron chi connectivity index (χ2n) is 8.16. The van der Waals surface area contributed by atoms with Gasteiger partial charge in [-0.3, -0.25) is 9.10 Å². The maximum atomic E-state index is 13.0. The molecule has 1 atom stereocenters. The van der Waals surface area contributed by atoms with Crippen molar-refractivity contribution in [1.82, 2.24) is 5.32 Å². The first kappa shape index (κ1) is 24.1. The van der Waals surface area contributed by atoms with Crippen LogP contribution in [0.2, 0.25) is 0 Å². The number of hydrogen-bond acceptors (Lipinski definition) is 3. The zero-order valence-electron chi connectivity index (χ0n) is 18.1. The number of amides is 1. The Hall–Kier alpha value is -2.55. The Balaban J connectivity index is 1.60. The molecule has 0 spiro atoms. The molecule has 1 N–H and O–H groups in total. The first-order valence-electron chi connectivity index (χ1n) is 10.5. The third-order valence-electron chi connectivity index (χ3n) is 5.63. The maximum absolute atomic E-state index is 13.0. The van der Waals surface area contributed by atoms with E-state index in [0.29, 0.717) is 0 Å². The van der Waals surface area contributed by atoms with E-state index in [2.05, 4.69) is 17.4 Å². The van der Waals surface area contributed by atoms with Crippen LogP contribution < -0.4 is 9.62 Å². The largest absolute Gasteiger partial charge is 0.416 e. The zero-order chi connectivity index (χ0) is 23.5. The molecule has 1 aliphatic rings. The van der Waals surface area contributed by atoms with Gasteiger partial charge in [-0.25, -0.2) is 8.42 Å². The molecule has 1 aliphatic carbocycles. The molecule has 32 heavy (non-hydrogen) atoms. The second-order valence-corrected chi connectivity index (χ2v) is 10.1. The number of nitrogens with zero attached hydrogens (tertiary/aromatic N) is 1. The molecule has 2 aromatic rings. The van der Waals surface area contributed by atoms with Gasteiger partial charge in [-0.1, -0.05) is 24.3 Å². The van der Waals surface area contributed by atoms with Gasteiger partial charge in [-0.15, -0.1) is 0 Å². The molecule has 0 fully saturated rings. The summed E-state index contributed by atoms with van der Waals surface area (Å²) in [6.45, 7) is 1.79. The molecule has 2 aromatic carbocycles. The molecule has 9 heteroatoms. The third-order valence-corrected chi connectivity index (χ3v) is 6.82. The Morgan fingerprint density at radius 2 is 1.84 bits per heavy atom. The highest BCUT2D eigenvalue weighted by Gasteiger charge is 2.31. The van der Waals surface area contributed by atoms with Crippen LogP contribution in [-0.4, -0.2) is 27.1 Å². The lowest BCUT2D eigenvalue weighted by atomic mass is 10.0. The van der Waals surface area contributed by atoms with Gasteiger partial charge in [0, 0.05) is 13.0 Å². The quantitative estimate of drug-likeness (QED) is 0.615. The second kappa shape index (κ2) is 9.52. The van der Waals surface area contributed by atoms with Crippen molar-refractivity contribution in [3.8, 4) is 0 Å². The molecule has 174 valence electrons. The Kier molecular flexibility index (Phi) is 7.17. The van der Waals surface area contributed by atoms with E-state index in [1.165, 1.54) is 23.3 Å². The van der Waals surface area contributed by atoms with Crippen LogP contribution in [0.1, 0.15) is 54.5 Å². The first-order chi connectivity index (χ1) is 14.9. The van der Waals surface area contributed by atoms with E-state index in [1.54, 1.807) is 0 Å². The van der Waals surface area contributed by atoms with Gasteiger partial charge < -0.3 is 5.32 Å². The van der Waals surface area contributed by atoms with Crippen molar-refractivity contribution in [2.45, 2.75) is 51.2 Å². The van der Waals surface area contributed by atoms with Crippen LogP contribution in [0, 0.1) is 0 Å². The fourth-order valence-corrected chi connectivity index (χ4v) is 4.92. The molecule has 3 rings (SSSR count). The number of anilines is 1. The Morgan fingerprint density at radius 1 is 1.12 bits per heavy atom. The predicted octanol–water partition coefficient (Wildman–Crippen LogP) is 4.62. The number of alkyl halides is 3. The van der Waals surface area contributed by atoms with Crippen molar-refractivity contribution >= 4 is 21.6 Å². The van der Waals surface area contributed by atoms with Crippen molar-refractivity contribution in [3.05, 3.63) is 64.7 Å². The summed E-state index contributed by atoms with van der Waals surface area (Å²) in [5.41, 5.74) is 2.68. The Labute approximate surface area is 186 Å². The van der Waals surface area contributed by atoms with Crippen LogP contribution in [0.4, 0.5) is 18.9 Å². The summed E-state index contributed by atoms with van der Waals surface area (Å²) in [4.78, 5) is 12.4. The van der Waals surface area contributed by atoms with Crippen LogP contribution in [0.3, 0.4) is 0 Å². The van der Waals surface area contributed by atoms with Crippen molar-refractivity contribution in [2.75, 3.05) is 17.1 Å². The molecule has 1 unspecified atom stereocenters. The molecule has 0 saturated carbocycles. The van der Waals surface area contributed by atoms with Crippen LogP contribution in [0.25, 0.3) is 0 Å². The third kappa shape index (κ3) is 6.03. The number of aryl methyl sites for hydroxylation is 2. The predicted molar refractivity (Wildman–Crippen MR) is 118 cm³/mol. The van der Waals surface area contributed by atoms with Crippen molar-refractivity contribution < 1.29 is 26.4 Å². The lowest BCUT2D eigenvalue weighted by molar-refractivity contribution is -0.137. The normalized spacial score (nSPS) is 14.7. The van der Waals surface area contributed by atoms with Crippen molar-refractivity contribution in [1.29, 1.82) is 0 Å². The Morgan fingerprint density at radius 3 is 2.53 bits per heavy atom. The summed E-state index contributed by atoms with van der Waals surface area (Å²) in [5.74, 6) is -0.240. The number of carbonyl (C=O) groups is 1. The van der Waals surface area contributed by atoms with Crippen LogP contribution in [0.5, 0.6) is 0 Å². The molecular weight excluding hydrogens is 441 g/mol. The molecule has 5 nitrogen and oxygen atoms in total. The molecule has 0 radical (unpaired) electrons. The minimum absolute atomic E-state index is 0.0558. The number of benzene rings is 2. The SMILES string of the molecule is CC(NC(=O)CCCN(c1cccc(C(F)(F)F)c1)S(C)(=O)=O)c1ccc2c(c1)CCC2. The summed E-state index contributed by atoms with van der Waals surface area (Å²) in [6.07, 6.45) is -0.148. The molecule has 0 aromatic heterocycles. The van der Waals surface area contributed by atoms with E-state index in [4.69, 9.17) is 0 Å². The maximum Gasteiger partial charge on any atom is 0.416 e. The number of fused-ring (bicyclic) bond motifs is 1. The summed E-state index contributed by atoms with van der Waals surface area (Å²) >= 11 is 0. The molecule has 1 amide bonds. The van der Waals surface area contributed by atoms with Gasteiger partial charge in [0.2, 0.25) is 15.9 Å². The summed E-state index contributed by atoms with van der Waals surface area (Å²) in [5, 5.41) is 2.91. The monoisotopic (exact) mass is 468 g/mol. The van der Waals surface area contributed by atoms with E-state index >= 15 is 0 Å². The van der Waals surface area contributed by atoms with Gasteiger partial charge >= 0.3 is 6.18 Å². The van der Waals surface area contributed by atoms with Crippen LogP contribution in [-0.2, 0) is 33.8 Å². The zero-order valence-corrected chi connectivity index (χ0v) is 18.9. The number of halogens is 3. The highest BCUT2D eigenvalue weighted by atomic mass is 32.2. The average molecular weight is 469 g/mol.